The second kappa shape index (κ2) is 12.3. The van der Waals surface area contributed by atoms with Crippen LogP contribution in [-0.2, 0) is 14.4 Å². The smallest absolute Gasteiger partial charge is 0.330 e. The number of carboxylic acid groups (broad SMARTS) is 1. The third-order valence-electron chi connectivity index (χ3n) is 9.43. The van der Waals surface area contributed by atoms with Crippen LogP contribution in [0.5, 0.6) is 11.6 Å². The van der Waals surface area contributed by atoms with E-state index in [9.17, 15) is 28.3 Å². The van der Waals surface area contributed by atoms with Gasteiger partial charge in [0, 0.05) is 36.7 Å². The molecule has 10 nitrogen and oxygen atoms in total. The first kappa shape index (κ1) is 31.4. The molecule has 3 aliphatic rings. The van der Waals surface area contributed by atoms with Crippen LogP contribution < -0.4 is 14.8 Å². The third-order valence-corrected chi connectivity index (χ3v) is 9.43. The van der Waals surface area contributed by atoms with Gasteiger partial charge in [0.15, 0.2) is 5.82 Å². The van der Waals surface area contributed by atoms with Crippen LogP contribution in [0.4, 0.5) is 8.78 Å². The van der Waals surface area contributed by atoms with Gasteiger partial charge in [-0.3, -0.25) is 9.59 Å². The number of allylic oxidation sites excluding steroid dienone is 1. The Kier molecular flexibility index (Phi) is 8.39. The topological polar surface area (TPSA) is 131 Å². The lowest BCUT2D eigenvalue weighted by molar-refractivity contribution is -0.145. The Balaban J connectivity index is 1.36. The number of nitrogens with zero attached hydrogens (tertiary/aromatic N) is 3. The SMILES string of the molecule is COc1ccc2c(OC3CC4C(=O)NC5(C(=O)O)CC5C=CCCCCN(C)C(=O)C4C3)nc(-c3cc(F)cc(F)c3)nc2c1C. The third kappa shape index (κ3) is 5.88. The number of hydrogen-bond acceptors (Lipinski definition) is 7. The monoisotopic (exact) mass is 634 g/mol. The minimum Gasteiger partial charge on any atom is -0.496 e. The van der Waals surface area contributed by atoms with Crippen LogP contribution in [0.15, 0.2) is 42.5 Å². The van der Waals surface area contributed by atoms with Gasteiger partial charge >= 0.3 is 5.97 Å². The molecule has 0 saturated heterocycles. The average molecular weight is 635 g/mol. The molecule has 5 atom stereocenters. The van der Waals surface area contributed by atoms with Crippen LogP contribution in [0.1, 0.15) is 44.1 Å². The zero-order chi connectivity index (χ0) is 32.7. The van der Waals surface area contributed by atoms with Gasteiger partial charge in [-0.2, -0.15) is 4.98 Å². The first-order valence-corrected chi connectivity index (χ1v) is 15.5. The predicted octanol–water partition coefficient (Wildman–Crippen LogP) is 4.82. The summed E-state index contributed by atoms with van der Waals surface area (Å²) in [4.78, 5) is 50.6. The molecule has 3 aromatic rings. The number of halogens is 2. The number of benzene rings is 2. The highest BCUT2D eigenvalue weighted by molar-refractivity contribution is 5.94. The number of fused-ring (bicyclic) bond motifs is 3. The fourth-order valence-corrected chi connectivity index (χ4v) is 6.76. The van der Waals surface area contributed by atoms with Crippen molar-refractivity contribution < 1.29 is 37.7 Å². The number of hydrogen-bond donors (Lipinski definition) is 2. The second-order valence-corrected chi connectivity index (χ2v) is 12.5. The van der Waals surface area contributed by atoms with Gasteiger partial charge in [-0.1, -0.05) is 12.2 Å². The van der Waals surface area contributed by atoms with Crippen LogP contribution >= 0.6 is 0 Å². The lowest BCUT2D eigenvalue weighted by atomic mass is 9.93. The number of carbonyl (C=O) groups excluding carboxylic acids is 2. The van der Waals surface area contributed by atoms with Crippen molar-refractivity contribution in [1.82, 2.24) is 20.2 Å². The van der Waals surface area contributed by atoms with Crippen LogP contribution in [0.25, 0.3) is 22.3 Å². The molecule has 242 valence electrons. The highest BCUT2D eigenvalue weighted by atomic mass is 19.1. The van der Waals surface area contributed by atoms with Crippen molar-refractivity contribution in [2.45, 2.75) is 57.1 Å². The average Bonchev–Trinajstić information content (AvgIpc) is 3.55. The standard InChI is InChI=1S/C34H36F2N4O6/c1-18-27(45-3)10-9-24-28(18)37-29(19-12-21(35)14-22(36)13-19)38-31(24)46-23-15-25-26(16-23)32(42)40(2)11-7-5-4-6-8-20-17-34(20,33(43)44)39-30(25)41/h6,8-10,12-14,20,23,25-26H,4-5,7,11,15-17H2,1-3H3,(H,39,41)(H,43,44). The highest BCUT2D eigenvalue weighted by Gasteiger charge is 2.61. The second-order valence-electron chi connectivity index (χ2n) is 12.5. The summed E-state index contributed by atoms with van der Waals surface area (Å²) in [5, 5.41) is 13.3. The molecule has 2 saturated carbocycles. The molecular weight excluding hydrogens is 598 g/mol. The van der Waals surface area contributed by atoms with Crippen molar-refractivity contribution >= 4 is 28.7 Å². The van der Waals surface area contributed by atoms with E-state index in [1.165, 1.54) is 7.11 Å². The van der Waals surface area contributed by atoms with E-state index in [4.69, 9.17) is 9.47 Å². The van der Waals surface area contributed by atoms with Gasteiger partial charge in [-0.15, -0.1) is 0 Å². The van der Waals surface area contributed by atoms with E-state index in [2.05, 4.69) is 15.3 Å². The molecule has 2 N–H and O–H groups in total. The maximum atomic E-state index is 14.2. The fourth-order valence-electron chi connectivity index (χ4n) is 6.76. The normalized spacial score (nSPS) is 26.6. The Morgan fingerprint density at radius 1 is 1.09 bits per heavy atom. The van der Waals surface area contributed by atoms with Crippen molar-refractivity contribution in [3.8, 4) is 23.0 Å². The van der Waals surface area contributed by atoms with Crippen molar-refractivity contribution in [1.29, 1.82) is 0 Å². The van der Waals surface area contributed by atoms with E-state index >= 15 is 0 Å². The number of carboxylic acids is 1. The van der Waals surface area contributed by atoms with E-state index in [0.717, 1.165) is 37.5 Å². The first-order valence-electron chi connectivity index (χ1n) is 15.5. The van der Waals surface area contributed by atoms with Crippen molar-refractivity contribution in [3.63, 3.8) is 0 Å². The van der Waals surface area contributed by atoms with Gasteiger partial charge < -0.3 is 24.8 Å². The van der Waals surface area contributed by atoms with Gasteiger partial charge in [0.05, 0.1) is 29.8 Å². The maximum Gasteiger partial charge on any atom is 0.330 e. The summed E-state index contributed by atoms with van der Waals surface area (Å²) in [7, 11) is 3.23. The molecule has 2 heterocycles. The Hall–Kier alpha value is -4.61. The summed E-state index contributed by atoms with van der Waals surface area (Å²) in [5.74, 6) is -4.60. The van der Waals surface area contributed by atoms with Gasteiger partial charge in [-0.25, -0.2) is 18.6 Å². The zero-order valence-corrected chi connectivity index (χ0v) is 25.9. The highest BCUT2D eigenvalue weighted by Crippen LogP contribution is 2.46. The summed E-state index contributed by atoms with van der Waals surface area (Å²) in [6, 6.07) is 6.47. The zero-order valence-electron chi connectivity index (χ0n) is 25.9. The number of aromatic nitrogens is 2. The van der Waals surface area contributed by atoms with Gasteiger partial charge in [0.2, 0.25) is 17.7 Å². The Labute approximate surface area is 264 Å². The van der Waals surface area contributed by atoms with Crippen LogP contribution in [-0.4, -0.2) is 70.1 Å². The quantitative estimate of drug-likeness (QED) is 0.382. The molecule has 0 bridgehead atoms. The molecule has 5 unspecified atom stereocenters. The molecule has 2 amide bonds. The summed E-state index contributed by atoms with van der Waals surface area (Å²) < 4.78 is 40.3. The molecule has 1 aliphatic heterocycles. The molecule has 46 heavy (non-hydrogen) atoms. The Bertz CT molecular complexity index is 1730. The van der Waals surface area contributed by atoms with Gasteiger partial charge in [-0.05, 0) is 69.7 Å². The molecular formula is C34H36F2N4O6. The molecule has 12 heteroatoms. The number of rotatable bonds is 5. The number of aliphatic carboxylic acids is 1. The van der Waals surface area contributed by atoms with E-state index in [1.54, 1.807) is 31.0 Å². The van der Waals surface area contributed by atoms with Crippen LogP contribution in [0.3, 0.4) is 0 Å². The molecule has 0 radical (unpaired) electrons. The summed E-state index contributed by atoms with van der Waals surface area (Å²) in [6.45, 7) is 2.32. The van der Waals surface area contributed by atoms with Crippen molar-refractivity contribution in [2.75, 3.05) is 20.7 Å². The number of ether oxygens (including phenoxy) is 2. The molecule has 2 fully saturated rings. The maximum absolute atomic E-state index is 14.2. The van der Waals surface area contributed by atoms with E-state index in [0.29, 0.717) is 28.8 Å². The summed E-state index contributed by atoms with van der Waals surface area (Å²) >= 11 is 0. The molecule has 1 aromatic heterocycles. The molecule has 2 aliphatic carbocycles. The fraction of sp³-hybridized carbons (Fsp3) is 0.441. The van der Waals surface area contributed by atoms with Gasteiger partial charge in [0.1, 0.15) is 29.0 Å². The predicted molar refractivity (Wildman–Crippen MR) is 164 cm³/mol. The lowest BCUT2D eigenvalue weighted by Gasteiger charge is -2.26. The molecule has 2 aromatic carbocycles. The molecule has 0 spiro atoms. The number of amides is 2. The molecule has 6 rings (SSSR count). The van der Waals surface area contributed by atoms with Crippen LogP contribution in [0, 0.1) is 36.3 Å². The number of aryl methyl sites for hydroxylation is 1. The number of carbonyl (C=O) groups is 3. The number of methoxy groups -OCH3 is 1. The summed E-state index contributed by atoms with van der Waals surface area (Å²) in [6.07, 6.45) is 6.15. The minimum atomic E-state index is -1.40. The summed E-state index contributed by atoms with van der Waals surface area (Å²) in [5.41, 5.74) is -0.183. The number of nitrogens with one attached hydrogen (secondary N) is 1. The van der Waals surface area contributed by atoms with Gasteiger partial charge in [0.25, 0.3) is 0 Å². The van der Waals surface area contributed by atoms with Crippen molar-refractivity contribution in [3.05, 3.63) is 59.7 Å². The lowest BCUT2D eigenvalue weighted by Crippen LogP contribution is -2.49. The first-order chi connectivity index (χ1) is 22.0. The van der Waals surface area contributed by atoms with Crippen LogP contribution in [0.2, 0.25) is 0 Å². The minimum absolute atomic E-state index is 0.0265. The van der Waals surface area contributed by atoms with E-state index in [-0.39, 0.29) is 48.4 Å². The van der Waals surface area contributed by atoms with E-state index in [1.807, 2.05) is 12.2 Å². The van der Waals surface area contributed by atoms with E-state index < -0.39 is 47.0 Å². The largest absolute Gasteiger partial charge is 0.496 e. The Morgan fingerprint density at radius 3 is 2.54 bits per heavy atom. The van der Waals surface area contributed by atoms with Crippen molar-refractivity contribution in [2.24, 2.45) is 17.8 Å². The Morgan fingerprint density at radius 2 is 1.83 bits per heavy atom.